The van der Waals surface area contributed by atoms with Crippen LogP contribution in [0.4, 0.5) is 11.4 Å². The second-order valence-electron chi connectivity index (χ2n) is 6.06. The summed E-state index contributed by atoms with van der Waals surface area (Å²) in [5.74, 6) is 0.280. The molecule has 0 aliphatic heterocycles. The second kappa shape index (κ2) is 5.16. The first-order valence-corrected chi connectivity index (χ1v) is 6.88. The first-order chi connectivity index (χ1) is 9.38. The topological polar surface area (TPSA) is 56.1 Å². The normalized spacial score (nSPS) is 24.4. The number of nitriles is 1. The lowest BCUT2D eigenvalue weighted by Gasteiger charge is -2.39. The molecule has 4 heteroatoms. The number of hydrogen-bond acceptors (Lipinski definition) is 3. The molecule has 1 aliphatic rings. The highest BCUT2D eigenvalue weighted by atomic mass is 16.2. The Balaban J connectivity index is 2.17. The van der Waals surface area contributed by atoms with Gasteiger partial charge in [-0.15, -0.1) is 0 Å². The van der Waals surface area contributed by atoms with E-state index in [-0.39, 0.29) is 5.91 Å². The maximum absolute atomic E-state index is 12.3. The van der Waals surface area contributed by atoms with Gasteiger partial charge in [-0.25, -0.2) is 0 Å². The van der Waals surface area contributed by atoms with Gasteiger partial charge in [-0.1, -0.05) is 13.0 Å². The molecule has 0 bridgehead atoms. The van der Waals surface area contributed by atoms with Gasteiger partial charge in [0.25, 0.3) is 0 Å². The number of carbonyl (C=O) groups excluding carboxylic acids is 1. The number of anilines is 2. The van der Waals surface area contributed by atoms with E-state index in [4.69, 9.17) is 0 Å². The van der Waals surface area contributed by atoms with Gasteiger partial charge in [-0.05, 0) is 43.4 Å². The van der Waals surface area contributed by atoms with Crippen molar-refractivity contribution < 1.29 is 4.79 Å². The van der Waals surface area contributed by atoms with E-state index < -0.39 is 5.41 Å². The van der Waals surface area contributed by atoms with E-state index in [1.807, 2.05) is 44.1 Å². The summed E-state index contributed by atoms with van der Waals surface area (Å²) in [6.45, 7) is 4.10. The van der Waals surface area contributed by atoms with Gasteiger partial charge < -0.3 is 10.2 Å². The molecule has 0 unspecified atom stereocenters. The molecule has 1 amide bonds. The van der Waals surface area contributed by atoms with Crippen molar-refractivity contribution in [3.05, 3.63) is 23.8 Å². The van der Waals surface area contributed by atoms with Gasteiger partial charge in [-0.3, -0.25) is 4.79 Å². The Morgan fingerprint density at radius 3 is 2.60 bits per heavy atom. The highest BCUT2D eigenvalue weighted by Crippen LogP contribution is 2.45. The number of nitrogens with one attached hydrogen (secondary N) is 1. The largest absolute Gasteiger partial charge is 0.377 e. The molecule has 1 aromatic carbocycles. The fraction of sp³-hybridized carbons (Fsp3) is 0.500. The van der Waals surface area contributed by atoms with Crippen molar-refractivity contribution in [3.8, 4) is 6.07 Å². The smallest absolute Gasteiger partial charge is 0.244 e. The van der Waals surface area contributed by atoms with Gasteiger partial charge in [0.15, 0.2) is 0 Å². The van der Waals surface area contributed by atoms with E-state index in [1.54, 1.807) is 0 Å². The lowest BCUT2D eigenvalue weighted by atomic mass is 9.63. The lowest BCUT2D eigenvalue weighted by molar-refractivity contribution is -0.128. The van der Waals surface area contributed by atoms with Crippen molar-refractivity contribution in [2.75, 3.05) is 24.3 Å². The summed E-state index contributed by atoms with van der Waals surface area (Å²) in [5, 5.41) is 12.2. The van der Waals surface area contributed by atoms with Crippen LogP contribution in [-0.2, 0) is 4.79 Å². The predicted molar refractivity (Wildman–Crippen MR) is 80.6 cm³/mol. The maximum atomic E-state index is 12.3. The third-order valence-corrected chi connectivity index (χ3v) is 3.99. The minimum Gasteiger partial charge on any atom is -0.377 e. The molecule has 0 aromatic heterocycles. The average Bonchev–Trinajstić information content (AvgIpc) is 2.36. The lowest BCUT2D eigenvalue weighted by Crippen LogP contribution is -2.45. The second-order valence-corrected chi connectivity index (χ2v) is 6.06. The zero-order chi connectivity index (χ0) is 14.9. The van der Waals surface area contributed by atoms with Crippen LogP contribution in [0, 0.1) is 29.6 Å². The van der Waals surface area contributed by atoms with Crippen LogP contribution in [0.1, 0.15) is 25.3 Å². The van der Waals surface area contributed by atoms with Gasteiger partial charge in [-0.2, -0.15) is 5.26 Å². The van der Waals surface area contributed by atoms with Crippen LogP contribution in [0.25, 0.3) is 0 Å². The molecule has 0 atom stereocenters. The molecule has 1 fully saturated rings. The Morgan fingerprint density at radius 1 is 1.45 bits per heavy atom. The van der Waals surface area contributed by atoms with E-state index in [0.717, 1.165) is 16.9 Å². The molecular formula is C16H21N3O. The average molecular weight is 271 g/mol. The monoisotopic (exact) mass is 271 g/mol. The molecule has 2 rings (SSSR count). The molecule has 106 valence electrons. The zero-order valence-corrected chi connectivity index (χ0v) is 12.5. The first-order valence-electron chi connectivity index (χ1n) is 6.88. The molecule has 20 heavy (non-hydrogen) atoms. The Bertz CT molecular complexity index is 566. The van der Waals surface area contributed by atoms with Crippen molar-refractivity contribution >= 4 is 17.3 Å². The molecule has 0 radical (unpaired) electrons. The summed E-state index contributed by atoms with van der Waals surface area (Å²) in [6.07, 6.45) is 1.31. The number of amides is 1. The van der Waals surface area contributed by atoms with Crippen molar-refractivity contribution in [1.82, 2.24) is 0 Å². The van der Waals surface area contributed by atoms with Gasteiger partial charge in [0.05, 0.1) is 6.07 Å². The number of rotatable bonds is 3. The van der Waals surface area contributed by atoms with Crippen molar-refractivity contribution in [2.24, 2.45) is 11.3 Å². The van der Waals surface area contributed by atoms with E-state index in [1.165, 1.54) is 0 Å². The maximum Gasteiger partial charge on any atom is 0.244 e. The summed E-state index contributed by atoms with van der Waals surface area (Å²) in [4.78, 5) is 14.3. The van der Waals surface area contributed by atoms with Crippen LogP contribution in [0.2, 0.25) is 0 Å². The summed E-state index contributed by atoms with van der Waals surface area (Å²) in [5.41, 5.74) is 2.14. The molecule has 1 aliphatic carbocycles. The van der Waals surface area contributed by atoms with Crippen LogP contribution >= 0.6 is 0 Å². The van der Waals surface area contributed by atoms with E-state index in [2.05, 4.69) is 18.3 Å². The number of nitrogens with zero attached hydrogens (tertiary/aromatic N) is 2. The van der Waals surface area contributed by atoms with Gasteiger partial charge in [0.1, 0.15) is 5.41 Å². The molecule has 0 spiro atoms. The highest BCUT2D eigenvalue weighted by Gasteiger charge is 2.48. The summed E-state index contributed by atoms with van der Waals surface area (Å²) in [6, 6.07) is 8.00. The van der Waals surface area contributed by atoms with Crippen LogP contribution in [0.3, 0.4) is 0 Å². The van der Waals surface area contributed by atoms with E-state index in [9.17, 15) is 10.1 Å². The van der Waals surface area contributed by atoms with Crippen LogP contribution in [0.5, 0.6) is 0 Å². The van der Waals surface area contributed by atoms with E-state index >= 15 is 0 Å². The quantitative estimate of drug-likeness (QED) is 0.919. The molecule has 1 aromatic rings. The zero-order valence-electron chi connectivity index (χ0n) is 12.5. The van der Waals surface area contributed by atoms with Crippen LogP contribution < -0.4 is 10.2 Å². The fourth-order valence-electron chi connectivity index (χ4n) is 2.88. The SMILES string of the molecule is Cc1ccc(NC(=O)C2(C#N)CC(C)C2)cc1N(C)C. The van der Waals surface area contributed by atoms with Crippen molar-refractivity contribution in [2.45, 2.75) is 26.7 Å². The van der Waals surface area contributed by atoms with Crippen LogP contribution in [0.15, 0.2) is 18.2 Å². The number of hydrogen-bond donors (Lipinski definition) is 1. The highest BCUT2D eigenvalue weighted by molar-refractivity contribution is 5.98. The predicted octanol–water partition coefficient (Wildman–Crippen LogP) is 2.94. The third-order valence-electron chi connectivity index (χ3n) is 3.99. The Kier molecular flexibility index (Phi) is 3.71. The van der Waals surface area contributed by atoms with Crippen molar-refractivity contribution in [3.63, 3.8) is 0 Å². The minimum atomic E-state index is -0.831. The summed E-state index contributed by atoms with van der Waals surface area (Å²) >= 11 is 0. The van der Waals surface area contributed by atoms with Crippen LogP contribution in [-0.4, -0.2) is 20.0 Å². The molecular weight excluding hydrogens is 250 g/mol. The summed E-state index contributed by atoms with van der Waals surface area (Å²) < 4.78 is 0. The van der Waals surface area contributed by atoms with Crippen molar-refractivity contribution in [1.29, 1.82) is 5.26 Å². The summed E-state index contributed by atoms with van der Waals surface area (Å²) in [7, 11) is 3.94. The Labute approximate surface area is 120 Å². The molecule has 1 N–H and O–H groups in total. The number of benzene rings is 1. The number of carbonyl (C=O) groups is 1. The number of aryl methyl sites for hydroxylation is 1. The molecule has 1 saturated carbocycles. The standard InChI is InChI=1S/C16H21N3O/c1-11-8-16(9-11,10-17)15(20)18-13-6-5-12(2)14(7-13)19(3)4/h5-7,11H,8-9H2,1-4H3,(H,18,20). The van der Waals surface area contributed by atoms with E-state index in [0.29, 0.717) is 18.8 Å². The third kappa shape index (κ3) is 2.49. The fourth-order valence-corrected chi connectivity index (χ4v) is 2.88. The first kappa shape index (κ1) is 14.4. The Morgan fingerprint density at radius 2 is 2.10 bits per heavy atom. The molecule has 4 nitrogen and oxygen atoms in total. The van der Waals surface area contributed by atoms with Gasteiger partial charge in [0, 0.05) is 25.5 Å². The van der Waals surface area contributed by atoms with Gasteiger partial charge >= 0.3 is 0 Å². The Hall–Kier alpha value is -2.02. The van der Waals surface area contributed by atoms with Gasteiger partial charge in [0.2, 0.25) is 5.91 Å². The minimum absolute atomic E-state index is 0.174. The molecule has 0 saturated heterocycles. The molecule has 0 heterocycles.